The number of nitrogens with zero attached hydrogens (tertiary/aromatic N) is 2. The Labute approximate surface area is 122 Å². The van der Waals surface area contributed by atoms with Gasteiger partial charge in [-0.05, 0) is 44.7 Å². The molecule has 2 rings (SSSR count). The van der Waals surface area contributed by atoms with Crippen LogP contribution in [0, 0.1) is 20.8 Å². The van der Waals surface area contributed by atoms with Crippen molar-refractivity contribution in [2.75, 3.05) is 6.54 Å². The molecule has 7 heteroatoms. The van der Waals surface area contributed by atoms with Crippen LogP contribution in [-0.4, -0.2) is 32.8 Å². The van der Waals surface area contributed by atoms with Gasteiger partial charge in [-0.25, -0.2) is 5.10 Å². The van der Waals surface area contributed by atoms with Gasteiger partial charge in [0.05, 0.1) is 11.9 Å². The van der Waals surface area contributed by atoms with Crippen molar-refractivity contribution in [3.63, 3.8) is 0 Å². The largest absolute Gasteiger partial charge is 0.352 e. The number of carbonyl (C=O) groups excluding carboxylic acids is 1. The van der Waals surface area contributed by atoms with Crippen molar-refractivity contribution in [1.29, 1.82) is 0 Å². The van der Waals surface area contributed by atoms with Crippen LogP contribution in [0.2, 0.25) is 0 Å². The van der Waals surface area contributed by atoms with Gasteiger partial charge in [-0.15, -0.1) is 0 Å². The summed E-state index contributed by atoms with van der Waals surface area (Å²) in [6.07, 6.45) is 3.40. The lowest BCUT2D eigenvalue weighted by molar-refractivity contribution is 0.0950. The zero-order valence-corrected chi connectivity index (χ0v) is 12.4. The number of carbonyl (C=O) groups is 1. The normalized spacial score (nSPS) is 10.6. The fourth-order valence-electron chi connectivity index (χ4n) is 2.10. The third kappa shape index (κ3) is 3.36. The fraction of sp³-hybridized carbons (Fsp3) is 0.429. The van der Waals surface area contributed by atoms with Crippen LogP contribution in [0.3, 0.4) is 0 Å². The number of hydrogen-bond acceptors (Lipinski definition) is 4. The lowest BCUT2D eigenvalue weighted by Crippen LogP contribution is -2.32. The Morgan fingerprint density at radius 3 is 2.71 bits per heavy atom. The summed E-state index contributed by atoms with van der Waals surface area (Å²) in [5.74, 6) is -0.358. The number of rotatable bonds is 5. The molecule has 0 bridgehead atoms. The van der Waals surface area contributed by atoms with Crippen LogP contribution >= 0.6 is 0 Å². The number of hydrogen-bond donors (Lipinski definition) is 3. The molecular weight excluding hydrogens is 270 g/mol. The summed E-state index contributed by atoms with van der Waals surface area (Å²) in [5, 5.41) is 15.8. The second-order valence-electron chi connectivity index (χ2n) is 5.02. The maximum absolute atomic E-state index is 12.1. The summed E-state index contributed by atoms with van der Waals surface area (Å²) in [7, 11) is 0. The monoisotopic (exact) mass is 289 g/mol. The second kappa shape index (κ2) is 6.34. The van der Waals surface area contributed by atoms with Crippen LogP contribution in [0.5, 0.6) is 0 Å². The van der Waals surface area contributed by atoms with Crippen LogP contribution in [0.25, 0.3) is 0 Å². The molecule has 0 unspecified atom stereocenters. The molecule has 0 spiro atoms. The van der Waals surface area contributed by atoms with E-state index in [0.29, 0.717) is 17.8 Å². The molecule has 7 nitrogen and oxygen atoms in total. The molecule has 0 atom stereocenters. The van der Waals surface area contributed by atoms with Crippen LogP contribution < -0.4 is 10.9 Å². The zero-order chi connectivity index (χ0) is 15.4. The summed E-state index contributed by atoms with van der Waals surface area (Å²) >= 11 is 0. The quantitative estimate of drug-likeness (QED) is 0.708. The predicted molar refractivity (Wildman–Crippen MR) is 78.3 cm³/mol. The molecule has 0 fully saturated rings. The number of amides is 1. The van der Waals surface area contributed by atoms with Crippen molar-refractivity contribution in [2.24, 2.45) is 0 Å². The molecule has 2 aromatic heterocycles. The van der Waals surface area contributed by atoms with Crippen molar-refractivity contribution in [3.05, 3.63) is 44.6 Å². The Bertz CT molecular complexity index is 702. The molecule has 112 valence electrons. The highest BCUT2D eigenvalue weighted by Crippen LogP contribution is 2.06. The smallest absolute Gasteiger partial charge is 0.277 e. The molecular formula is C14H19N5O2. The van der Waals surface area contributed by atoms with Crippen LogP contribution in [0.4, 0.5) is 0 Å². The lowest BCUT2D eigenvalue weighted by Gasteiger charge is -2.07. The van der Waals surface area contributed by atoms with Gasteiger partial charge >= 0.3 is 0 Å². The minimum Gasteiger partial charge on any atom is -0.352 e. The van der Waals surface area contributed by atoms with E-state index in [1.165, 1.54) is 0 Å². The predicted octanol–water partition coefficient (Wildman–Crippen LogP) is 0.781. The average Bonchev–Trinajstić information content (AvgIpc) is 2.85. The number of aryl methyl sites for hydroxylation is 3. The third-order valence-corrected chi connectivity index (χ3v) is 3.54. The van der Waals surface area contributed by atoms with E-state index in [4.69, 9.17) is 0 Å². The molecule has 2 aromatic rings. The molecule has 0 saturated heterocycles. The van der Waals surface area contributed by atoms with E-state index in [9.17, 15) is 9.59 Å². The first-order valence-electron chi connectivity index (χ1n) is 6.83. The second-order valence-corrected chi connectivity index (χ2v) is 5.02. The van der Waals surface area contributed by atoms with Gasteiger partial charge in [0.15, 0.2) is 0 Å². The van der Waals surface area contributed by atoms with Gasteiger partial charge in [0.1, 0.15) is 5.56 Å². The van der Waals surface area contributed by atoms with Gasteiger partial charge in [-0.3, -0.25) is 14.7 Å². The lowest BCUT2D eigenvalue weighted by atomic mass is 10.1. The SMILES string of the molecule is Cc1n[nH]c(=O)c(C(=O)NCCCc2cn[nH]c2C)c1C. The first kappa shape index (κ1) is 15.0. The minimum absolute atomic E-state index is 0.141. The summed E-state index contributed by atoms with van der Waals surface area (Å²) in [6.45, 7) is 5.94. The van der Waals surface area contributed by atoms with E-state index >= 15 is 0 Å². The maximum atomic E-state index is 12.1. The van der Waals surface area contributed by atoms with Crippen LogP contribution in [0.1, 0.15) is 39.3 Å². The van der Waals surface area contributed by atoms with Gasteiger partial charge in [0.2, 0.25) is 0 Å². The van der Waals surface area contributed by atoms with Gasteiger partial charge < -0.3 is 5.32 Å². The van der Waals surface area contributed by atoms with Crippen molar-refractivity contribution in [1.82, 2.24) is 25.7 Å². The van der Waals surface area contributed by atoms with E-state index < -0.39 is 5.56 Å². The molecule has 21 heavy (non-hydrogen) atoms. The van der Waals surface area contributed by atoms with Gasteiger partial charge in [0.25, 0.3) is 11.5 Å². The van der Waals surface area contributed by atoms with E-state index in [2.05, 4.69) is 25.7 Å². The van der Waals surface area contributed by atoms with E-state index in [-0.39, 0.29) is 11.5 Å². The Morgan fingerprint density at radius 1 is 1.29 bits per heavy atom. The fourth-order valence-corrected chi connectivity index (χ4v) is 2.10. The minimum atomic E-state index is -0.457. The molecule has 0 aliphatic rings. The Hall–Kier alpha value is -2.44. The molecule has 0 aromatic carbocycles. The Balaban J connectivity index is 1.92. The van der Waals surface area contributed by atoms with Gasteiger partial charge in [-0.2, -0.15) is 10.2 Å². The highest BCUT2D eigenvalue weighted by molar-refractivity contribution is 5.95. The van der Waals surface area contributed by atoms with Crippen molar-refractivity contribution >= 4 is 5.91 Å². The third-order valence-electron chi connectivity index (χ3n) is 3.54. The summed E-state index contributed by atoms with van der Waals surface area (Å²) in [6, 6.07) is 0. The molecule has 2 heterocycles. The number of H-pyrrole nitrogens is 2. The van der Waals surface area contributed by atoms with Crippen LogP contribution in [0.15, 0.2) is 11.0 Å². The molecule has 1 amide bonds. The van der Waals surface area contributed by atoms with Gasteiger partial charge in [-0.1, -0.05) is 0 Å². The topological polar surface area (TPSA) is 104 Å². The number of nitrogens with one attached hydrogen (secondary N) is 3. The molecule has 0 radical (unpaired) electrons. The summed E-state index contributed by atoms with van der Waals surface area (Å²) in [5.41, 5.74) is 3.12. The van der Waals surface area contributed by atoms with Crippen molar-refractivity contribution in [3.8, 4) is 0 Å². The van der Waals surface area contributed by atoms with E-state index in [0.717, 1.165) is 24.1 Å². The zero-order valence-electron chi connectivity index (χ0n) is 12.4. The number of aromatic amines is 2. The van der Waals surface area contributed by atoms with E-state index in [1.54, 1.807) is 20.0 Å². The molecule has 3 N–H and O–H groups in total. The molecule has 0 saturated carbocycles. The molecule has 0 aliphatic carbocycles. The Kier molecular flexibility index (Phi) is 4.52. The highest BCUT2D eigenvalue weighted by Gasteiger charge is 2.15. The summed E-state index contributed by atoms with van der Waals surface area (Å²) < 4.78 is 0. The average molecular weight is 289 g/mol. The Morgan fingerprint density at radius 2 is 2.05 bits per heavy atom. The highest BCUT2D eigenvalue weighted by atomic mass is 16.2. The first-order valence-corrected chi connectivity index (χ1v) is 6.83. The maximum Gasteiger partial charge on any atom is 0.277 e. The standard InChI is InChI=1S/C14H19N5O2/c1-8-9(2)18-19-14(21)12(8)13(20)15-6-4-5-11-7-16-17-10(11)3/h7H,4-6H2,1-3H3,(H,15,20)(H,16,17)(H,19,21). The number of aromatic nitrogens is 4. The van der Waals surface area contributed by atoms with Crippen LogP contribution in [-0.2, 0) is 6.42 Å². The van der Waals surface area contributed by atoms with E-state index in [1.807, 2.05) is 6.92 Å². The van der Waals surface area contributed by atoms with Crippen molar-refractivity contribution in [2.45, 2.75) is 33.6 Å². The molecule has 0 aliphatic heterocycles. The first-order chi connectivity index (χ1) is 10.0. The van der Waals surface area contributed by atoms with Crippen molar-refractivity contribution < 1.29 is 4.79 Å². The van der Waals surface area contributed by atoms with Gasteiger partial charge in [0, 0.05) is 12.2 Å². The summed E-state index contributed by atoms with van der Waals surface area (Å²) in [4.78, 5) is 23.8.